The maximum absolute atomic E-state index is 5.99. The molecule has 0 bridgehead atoms. The van der Waals surface area contributed by atoms with Gasteiger partial charge in [0, 0.05) is 10.6 Å². The summed E-state index contributed by atoms with van der Waals surface area (Å²) in [6, 6.07) is 5.59. The van der Waals surface area contributed by atoms with Gasteiger partial charge in [-0.05, 0) is 43.5 Å². The molecule has 1 aromatic rings. The van der Waals surface area contributed by atoms with Crippen molar-refractivity contribution in [2.45, 2.75) is 32.0 Å². The van der Waals surface area contributed by atoms with Crippen LogP contribution >= 0.6 is 11.6 Å². The largest absolute Gasteiger partial charge is 0.496 e. The van der Waals surface area contributed by atoms with Crippen LogP contribution in [0.5, 0.6) is 5.75 Å². The Labute approximate surface area is 113 Å². The zero-order chi connectivity index (χ0) is 13.0. The first-order valence-electron chi connectivity index (χ1n) is 6.38. The number of rotatable bonds is 5. The van der Waals surface area contributed by atoms with Crippen molar-refractivity contribution in [3.05, 3.63) is 28.8 Å². The molecule has 1 saturated carbocycles. The van der Waals surface area contributed by atoms with Gasteiger partial charge in [0.1, 0.15) is 5.75 Å². The van der Waals surface area contributed by atoms with Gasteiger partial charge >= 0.3 is 0 Å². The van der Waals surface area contributed by atoms with Crippen LogP contribution in [-0.2, 0) is 11.3 Å². The fourth-order valence-electron chi connectivity index (χ4n) is 2.55. The lowest BCUT2D eigenvalue weighted by molar-refractivity contribution is 0.0174. The van der Waals surface area contributed by atoms with Crippen LogP contribution in [0.25, 0.3) is 0 Å². The van der Waals surface area contributed by atoms with Gasteiger partial charge in [0.2, 0.25) is 0 Å². The van der Waals surface area contributed by atoms with Gasteiger partial charge < -0.3 is 15.2 Å². The molecule has 2 atom stereocenters. The van der Waals surface area contributed by atoms with E-state index in [2.05, 4.69) is 0 Å². The zero-order valence-electron chi connectivity index (χ0n) is 10.7. The number of ether oxygens (including phenoxy) is 2. The van der Waals surface area contributed by atoms with E-state index in [4.69, 9.17) is 26.8 Å². The predicted octanol–water partition coefficient (Wildman–Crippen LogP) is 2.99. The van der Waals surface area contributed by atoms with Crippen LogP contribution in [0.4, 0.5) is 0 Å². The quantitative estimate of drug-likeness (QED) is 0.894. The highest BCUT2D eigenvalue weighted by Gasteiger charge is 2.26. The molecule has 0 heterocycles. The molecular weight excluding hydrogens is 250 g/mol. The Morgan fingerprint density at radius 3 is 2.94 bits per heavy atom. The molecule has 1 aliphatic carbocycles. The monoisotopic (exact) mass is 269 g/mol. The molecule has 0 radical (unpaired) electrons. The van der Waals surface area contributed by atoms with Crippen LogP contribution in [0.3, 0.4) is 0 Å². The third-order valence-electron chi connectivity index (χ3n) is 3.59. The van der Waals surface area contributed by atoms with Gasteiger partial charge in [-0.15, -0.1) is 0 Å². The number of nitrogens with two attached hydrogens (primary N) is 1. The lowest BCUT2D eigenvalue weighted by Gasteiger charge is -2.19. The summed E-state index contributed by atoms with van der Waals surface area (Å²) in [7, 11) is 1.66. The number of benzene rings is 1. The lowest BCUT2D eigenvalue weighted by Crippen LogP contribution is -2.25. The van der Waals surface area contributed by atoms with E-state index in [0.717, 1.165) is 17.7 Å². The minimum absolute atomic E-state index is 0.277. The maximum atomic E-state index is 5.99. The predicted molar refractivity (Wildman–Crippen MR) is 73.0 cm³/mol. The Kier molecular flexibility index (Phi) is 4.87. The first-order valence-corrected chi connectivity index (χ1v) is 6.76. The molecule has 0 aliphatic heterocycles. The summed E-state index contributed by atoms with van der Waals surface area (Å²) in [6.07, 6.45) is 3.76. The summed E-state index contributed by atoms with van der Waals surface area (Å²) in [5.41, 5.74) is 6.74. The number of hydrogen-bond acceptors (Lipinski definition) is 3. The molecule has 2 N–H and O–H groups in total. The standard InChI is InChI=1S/C14H20ClNO2/c1-17-13-6-5-12(15)7-11(13)9-18-14-4-2-3-10(14)8-16/h5-7,10,14H,2-4,8-9,16H2,1H3. The van der Waals surface area contributed by atoms with Crippen LogP contribution in [0.2, 0.25) is 5.02 Å². The molecule has 1 fully saturated rings. The summed E-state index contributed by atoms with van der Waals surface area (Å²) in [5, 5.41) is 0.705. The normalized spacial score (nSPS) is 23.3. The minimum atomic E-state index is 0.277. The second kappa shape index (κ2) is 6.41. The van der Waals surface area contributed by atoms with E-state index < -0.39 is 0 Å². The van der Waals surface area contributed by atoms with Crippen molar-refractivity contribution >= 4 is 11.6 Å². The van der Waals surface area contributed by atoms with E-state index in [-0.39, 0.29) is 6.10 Å². The van der Waals surface area contributed by atoms with Gasteiger partial charge in [0.25, 0.3) is 0 Å². The Bertz CT molecular complexity index is 397. The topological polar surface area (TPSA) is 44.5 Å². The Morgan fingerprint density at radius 1 is 1.39 bits per heavy atom. The van der Waals surface area contributed by atoms with E-state index in [1.807, 2.05) is 18.2 Å². The maximum Gasteiger partial charge on any atom is 0.124 e. The fourth-order valence-corrected chi connectivity index (χ4v) is 2.74. The molecule has 0 saturated heterocycles. The summed E-state index contributed by atoms with van der Waals surface area (Å²) in [4.78, 5) is 0. The van der Waals surface area contributed by atoms with Gasteiger partial charge in [0.15, 0.2) is 0 Å². The highest BCUT2D eigenvalue weighted by atomic mass is 35.5. The average molecular weight is 270 g/mol. The van der Waals surface area contributed by atoms with Crippen LogP contribution in [0.15, 0.2) is 18.2 Å². The molecule has 100 valence electrons. The van der Waals surface area contributed by atoms with Gasteiger partial charge in [-0.2, -0.15) is 0 Å². The van der Waals surface area contributed by atoms with E-state index in [1.54, 1.807) is 7.11 Å². The molecule has 18 heavy (non-hydrogen) atoms. The van der Waals surface area contributed by atoms with Crippen molar-refractivity contribution in [3.8, 4) is 5.75 Å². The molecule has 0 aromatic heterocycles. The molecule has 4 heteroatoms. The average Bonchev–Trinajstić information content (AvgIpc) is 2.84. The molecule has 2 rings (SSSR count). The van der Waals surface area contributed by atoms with E-state index >= 15 is 0 Å². The summed E-state index contributed by atoms with van der Waals surface area (Å²) in [6.45, 7) is 1.24. The van der Waals surface area contributed by atoms with E-state index in [9.17, 15) is 0 Å². The van der Waals surface area contributed by atoms with Gasteiger partial charge in [-0.25, -0.2) is 0 Å². The molecule has 3 nitrogen and oxygen atoms in total. The molecule has 0 spiro atoms. The van der Waals surface area contributed by atoms with Crippen LogP contribution in [0.1, 0.15) is 24.8 Å². The SMILES string of the molecule is COc1ccc(Cl)cc1COC1CCCC1CN. The number of hydrogen-bond donors (Lipinski definition) is 1. The number of halogens is 1. The van der Waals surface area contributed by atoms with Gasteiger partial charge in [0.05, 0.1) is 19.8 Å². The molecule has 0 amide bonds. The van der Waals surface area contributed by atoms with E-state index in [0.29, 0.717) is 24.1 Å². The Balaban J connectivity index is 1.99. The fraction of sp³-hybridized carbons (Fsp3) is 0.571. The van der Waals surface area contributed by atoms with Crippen LogP contribution in [0, 0.1) is 5.92 Å². The first-order chi connectivity index (χ1) is 8.74. The summed E-state index contributed by atoms with van der Waals surface area (Å²) in [5.74, 6) is 1.32. The van der Waals surface area contributed by atoms with Crippen LogP contribution in [-0.4, -0.2) is 19.8 Å². The van der Waals surface area contributed by atoms with Gasteiger partial charge in [-0.3, -0.25) is 0 Å². The van der Waals surface area contributed by atoms with Crippen molar-refractivity contribution < 1.29 is 9.47 Å². The second-order valence-corrected chi connectivity index (χ2v) is 5.17. The van der Waals surface area contributed by atoms with Crippen LogP contribution < -0.4 is 10.5 Å². The minimum Gasteiger partial charge on any atom is -0.496 e. The van der Waals surface area contributed by atoms with Gasteiger partial charge in [-0.1, -0.05) is 18.0 Å². The second-order valence-electron chi connectivity index (χ2n) is 4.73. The van der Waals surface area contributed by atoms with Crippen molar-refractivity contribution in [1.82, 2.24) is 0 Å². The highest BCUT2D eigenvalue weighted by Crippen LogP contribution is 2.30. The smallest absolute Gasteiger partial charge is 0.124 e. The molecule has 1 aromatic carbocycles. The third kappa shape index (κ3) is 3.16. The molecular formula is C14H20ClNO2. The Morgan fingerprint density at radius 2 is 2.22 bits per heavy atom. The highest BCUT2D eigenvalue weighted by molar-refractivity contribution is 6.30. The Hall–Kier alpha value is -0.770. The van der Waals surface area contributed by atoms with E-state index in [1.165, 1.54) is 12.8 Å². The lowest BCUT2D eigenvalue weighted by atomic mass is 10.1. The third-order valence-corrected chi connectivity index (χ3v) is 3.82. The van der Waals surface area contributed by atoms with Crippen molar-refractivity contribution in [3.63, 3.8) is 0 Å². The number of methoxy groups -OCH3 is 1. The first kappa shape index (κ1) is 13.7. The zero-order valence-corrected chi connectivity index (χ0v) is 11.5. The van der Waals surface area contributed by atoms with Crippen molar-refractivity contribution in [2.75, 3.05) is 13.7 Å². The molecule has 2 unspecified atom stereocenters. The van der Waals surface area contributed by atoms with Crippen molar-refractivity contribution in [1.29, 1.82) is 0 Å². The summed E-state index contributed by atoms with van der Waals surface area (Å²) < 4.78 is 11.3. The summed E-state index contributed by atoms with van der Waals surface area (Å²) >= 11 is 5.99. The molecule has 1 aliphatic rings. The van der Waals surface area contributed by atoms with Crippen molar-refractivity contribution in [2.24, 2.45) is 11.7 Å².